The number of carbonyl (C=O) groups excluding carboxylic acids is 2. The molecule has 0 radical (unpaired) electrons. The summed E-state index contributed by atoms with van der Waals surface area (Å²) in [5.74, 6) is -1.89. The molecule has 0 aromatic heterocycles. The number of carbonyl (C=O) groups is 2. The van der Waals surface area contributed by atoms with Crippen molar-refractivity contribution in [2.45, 2.75) is 250 Å². The van der Waals surface area contributed by atoms with Crippen molar-refractivity contribution in [2.24, 2.45) is 10.8 Å². The lowest BCUT2D eigenvalue weighted by molar-refractivity contribution is -0.363. The molecule has 6 rings (SSSR count). The number of ketones is 1. The zero-order valence-electron chi connectivity index (χ0n) is 49.7. The molecular weight excluding hydrogens is 1010 g/mol. The molecule has 1 unspecified atom stereocenters. The molecule has 0 spiro atoms. The molecule has 0 saturated carbocycles. The Morgan fingerprint density at radius 3 is 1.75 bits per heavy atom. The van der Waals surface area contributed by atoms with Gasteiger partial charge in [0.2, 0.25) is 5.79 Å². The highest BCUT2D eigenvalue weighted by Gasteiger charge is 2.60. The van der Waals surface area contributed by atoms with E-state index >= 15 is 0 Å². The topological polar surface area (TPSA) is 145 Å². The molecule has 3 fully saturated rings. The van der Waals surface area contributed by atoms with Gasteiger partial charge in [0, 0.05) is 57.2 Å². The molecule has 4 aliphatic heterocycles. The van der Waals surface area contributed by atoms with E-state index in [1.165, 1.54) is 7.11 Å². The highest BCUT2D eigenvalue weighted by molar-refractivity contribution is 6.74. The van der Waals surface area contributed by atoms with Crippen LogP contribution < -0.4 is 9.47 Å². The van der Waals surface area contributed by atoms with Gasteiger partial charge in [-0.3, -0.25) is 9.59 Å². The normalized spacial score (nSPS) is 31.2. The minimum Gasteiger partial charge on any atom is -0.497 e. The maximum atomic E-state index is 14.9. The van der Waals surface area contributed by atoms with E-state index in [-0.39, 0.29) is 56.1 Å². The van der Waals surface area contributed by atoms with E-state index in [0.717, 1.165) is 58.9 Å². The summed E-state index contributed by atoms with van der Waals surface area (Å²) in [5.41, 5.74) is 0.283. The first-order chi connectivity index (χ1) is 36.7. The third-order valence-electron chi connectivity index (χ3n) is 18.3. The van der Waals surface area contributed by atoms with Crippen LogP contribution in [0.3, 0.4) is 0 Å². The molecule has 16 heteroatoms. The maximum absolute atomic E-state index is 14.9. The van der Waals surface area contributed by atoms with Crippen molar-refractivity contribution >= 4 is 28.4 Å². The zero-order valence-corrected chi connectivity index (χ0v) is 51.7. The van der Waals surface area contributed by atoms with E-state index in [9.17, 15) is 9.59 Å². The van der Waals surface area contributed by atoms with E-state index in [2.05, 4.69) is 61.5 Å². The largest absolute Gasteiger partial charge is 0.497 e. The van der Waals surface area contributed by atoms with Crippen molar-refractivity contribution in [3.05, 3.63) is 71.8 Å². The van der Waals surface area contributed by atoms with Crippen LogP contribution in [0.2, 0.25) is 36.3 Å². The molecule has 11 atom stereocenters. The van der Waals surface area contributed by atoms with Crippen LogP contribution in [0, 0.1) is 10.8 Å². The van der Waals surface area contributed by atoms with Crippen LogP contribution >= 0.6 is 0 Å². The number of ether oxygens (including phenoxy) is 10. The highest BCUT2D eigenvalue weighted by Crippen LogP contribution is 2.52. The third kappa shape index (κ3) is 14.9. The number of hydrogen-bond donors (Lipinski definition) is 0. The van der Waals surface area contributed by atoms with Gasteiger partial charge in [-0.2, -0.15) is 0 Å². The van der Waals surface area contributed by atoms with Gasteiger partial charge in [-0.1, -0.05) is 106 Å². The first-order valence-electron chi connectivity index (χ1n) is 29.1. The Hall–Kier alpha value is -3.01. The molecule has 3 saturated heterocycles. The molecule has 4 aliphatic rings. The summed E-state index contributed by atoms with van der Waals surface area (Å²) in [4.78, 5) is 29.3. The predicted octanol–water partition coefficient (Wildman–Crippen LogP) is 12.8. The minimum absolute atomic E-state index is 0.00867. The smallest absolute Gasteiger partial charge is 0.308 e. The van der Waals surface area contributed by atoms with Crippen LogP contribution in [0.15, 0.2) is 60.7 Å². The first-order valence-corrected chi connectivity index (χ1v) is 34.1. The van der Waals surface area contributed by atoms with E-state index in [1.54, 1.807) is 21.3 Å². The summed E-state index contributed by atoms with van der Waals surface area (Å²) in [6, 6.07) is 21.4. The van der Waals surface area contributed by atoms with Crippen LogP contribution in [0.1, 0.15) is 145 Å². The van der Waals surface area contributed by atoms with E-state index in [1.807, 2.05) is 75.4 Å². The Labute approximate surface area is 464 Å². The molecule has 434 valence electrons. The molecule has 77 heavy (non-hydrogen) atoms. The van der Waals surface area contributed by atoms with Gasteiger partial charge in [0.1, 0.15) is 17.6 Å². The number of benzene rings is 2. The summed E-state index contributed by atoms with van der Waals surface area (Å²) in [6.07, 6.45) is 3.69. The lowest BCUT2D eigenvalue weighted by atomic mass is 9.70. The van der Waals surface area contributed by atoms with Crippen molar-refractivity contribution in [3.8, 4) is 11.5 Å². The summed E-state index contributed by atoms with van der Waals surface area (Å²) in [5, 5.41) is 0. The van der Waals surface area contributed by atoms with Crippen molar-refractivity contribution < 1.29 is 65.8 Å². The van der Waals surface area contributed by atoms with Crippen LogP contribution in [-0.2, 0) is 69.5 Å². The fourth-order valence-electron chi connectivity index (χ4n) is 12.6. The Morgan fingerprint density at radius 1 is 0.649 bits per heavy atom. The molecule has 0 aliphatic carbocycles. The van der Waals surface area contributed by atoms with Gasteiger partial charge in [0.15, 0.2) is 28.2 Å². The second kappa shape index (κ2) is 27.6. The maximum Gasteiger partial charge on any atom is 0.308 e. The minimum atomic E-state index is -2.33. The van der Waals surface area contributed by atoms with Gasteiger partial charge in [-0.15, -0.1) is 0 Å². The number of Topliss-reactive ketones (excluding diaryl/α,β-unsaturated/α-hetero) is 1. The van der Waals surface area contributed by atoms with Crippen LogP contribution in [0.5, 0.6) is 11.5 Å². The number of rotatable bonds is 21. The molecule has 2 aromatic carbocycles. The number of fused-ring (bicyclic) bond motifs is 6. The summed E-state index contributed by atoms with van der Waals surface area (Å²) in [6.45, 7) is 24.3. The zero-order chi connectivity index (χ0) is 56.2. The van der Waals surface area contributed by atoms with E-state index < -0.39 is 75.5 Å². The number of hydrogen-bond acceptors (Lipinski definition) is 14. The molecule has 4 heterocycles. The fourth-order valence-corrected chi connectivity index (χ4v) is 18.3. The Kier molecular flexibility index (Phi) is 22.7. The van der Waals surface area contributed by atoms with Gasteiger partial charge < -0.3 is 56.2 Å². The van der Waals surface area contributed by atoms with Gasteiger partial charge in [0.25, 0.3) is 0 Å². The van der Waals surface area contributed by atoms with E-state index in [4.69, 9.17) is 56.2 Å². The van der Waals surface area contributed by atoms with Gasteiger partial charge in [-0.05, 0) is 97.8 Å². The second-order valence-corrected chi connectivity index (χ2v) is 32.9. The molecule has 0 amide bonds. The molecule has 6 bridgehead atoms. The first kappa shape index (κ1) is 63.2. The Balaban J connectivity index is 1.47. The average molecular weight is 1110 g/mol. The van der Waals surface area contributed by atoms with Crippen LogP contribution in [-0.4, -0.2) is 123 Å². The highest BCUT2D eigenvalue weighted by atomic mass is 28.4. The van der Waals surface area contributed by atoms with Crippen LogP contribution in [0.4, 0.5) is 0 Å². The monoisotopic (exact) mass is 1110 g/mol. The Morgan fingerprint density at radius 2 is 1.21 bits per heavy atom. The lowest BCUT2D eigenvalue weighted by Gasteiger charge is -2.56. The van der Waals surface area contributed by atoms with Crippen molar-refractivity contribution in [1.29, 1.82) is 0 Å². The van der Waals surface area contributed by atoms with Crippen molar-refractivity contribution in [1.82, 2.24) is 0 Å². The molecule has 2 aromatic rings. The molecule has 14 nitrogen and oxygen atoms in total. The lowest BCUT2D eigenvalue weighted by Crippen LogP contribution is -2.63. The van der Waals surface area contributed by atoms with Gasteiger partial charge >= 0.3 is 5.97 Å². The predicted molar refractivity (Wildman–Crippen MR) is 304 cm³/mol. The Bertz CT molecular complexity index is 2160. The summed E-state index contributed by atoms with van der Waals surface area (Å²) < 4.78 is 80.7. The second-order valence-electron chi connectivity index (χ2n) is 23.4. The van der Waals surface area contributed by atoms with Gasteiger partial charge in [0.05, 0.1) is 82.7 Å². The quantitative estimate of drug-likeness (QED) is 0.0664. The summed E-state index contributed by atoms with van der Waals surface area (Å²) >= 11 is 0. The van der Waals surface area contributed by atoms with Crippen LogP contribution in [0.25, 0.3) is 0 Å². The molecular formula is C61H98O14Si2. The number of cyclic esters (lactones) is 1. The number of esters is 1. The standard InChI is InChI=1S/C61H98O14Si2/c1-16-76(17-2,18-3)74-51-34-48-32-33-58(8,9)61(67-15)55(62)31-30-49(73-61)37-54(43(7)68-41-44-22-26-46(64-12)27-23-44)71-57(63)39-52(75-77(19-4,20-5)21-6)35-50-38-56(69-42-45-24-28-47(65-13)29-25-45)59(10,11)60(66-14,72-50)40-53(36-51)70-48/h22-29,32-33,43,48-54,56H,16-21,30-31,34-42H2,1-15H3/b33-32-/t43-,48+,49+,50-,51?,52-,53+,54-,56+,60+,61-/m1/s1. The number of methoxy groups -OCH3 is 4. The fraction of sp³-hybridized carbons (Fsp3) is 0.738. The summed E-state index contributed by atoms with van der Waals surface area (Å²) in [7, 11) is 2.16. The van der Waals surface area contributed by atoms with Gasteiger partial charge in [-0.25, -0.2) is 0 Å². The van der Waals surface area contributed by atoms with Crippen molar-refractivity contribution in [2.75, 3.05) is 28.4 Å². The molecule has 0 N–H and O–H groups in total. The van der Waals surface area contributed by atoms with E-state index in [0.29, 0.717) is 45.1 Å². The third-order valence-corrected chi connectivity index (χ3v) is 27.7. The SMILES string of the molecule is CC[Si](CC)(CC)OC1C[C@H]2C[C@]3(OC)O[C@H](C[C@@H](O[Si](CC)(CC)CC)CC(=O)O[C@@H]([C@@H](C)OCc4ccc(OC)cc4)C[C@@H]4CCC(=O)[C@@](OC)(O4)C(C)(C)/C=C\[C@@H](C1)O2)C[C@H](OCc1ccc(OC)cc1)C3(C)C. The van der Waals surface area contributed by atoms with Crippen molar-refractivity contribution in [3.63, 3.8) is 0 Å². The average Bonchev–Trinajstić information content (AvgIpc) is 3.46.